The highest BCUT2D eigenvalue weighted by Gasteiger charge is 2.27. The monoisotopic (exact) mass is 653 g/mol. The SMILES string of the molecule is CC.CC.CCCP(Oc1cc(O)c2c(c1Cl)CC(=N/OCC(=O)N1CCCCC1)/C=C/CC/C=C/CCOC2=O)N(C)C. The number of likely N-dealkylation sites (tertiary alicyclic amines) is 1. The Hall–Kier alpha value is -2.61. The van der Waals surface area contributed by atoms with E-state index in [-0.39, 0.29) is 47.6 Å². The maximum Gasteiger partial charge on any atom is 0.342 e. The van der Waals surface area contributed by atoms with Crippen molar-refractivity contribution in [3.63, 3.8) is 0 Å². The molecule has 0 saturated carbocycles. The van der Waals surface area contributed by atoms with Gasteiger partial charge in [-0.3, -0.25) is 9.46 Å². The molecule has 0 aliphatic carbocycles. The van der Waals surface area contributed by atoms with Crippen LogP contribution in [-0.2, 0) is 20.8 Å². The topological polar surface area (TPSA) is 101 Å². The quantitative estimate of drug-likeness (QED) is 0.131. The summed E-state index contributed by atoms with van der Waals surface area (Å²) >= 11 is 6.87. The number of hydrogen-bond acceptors (Lipinski definition) is 8. The van der Waals surface area contributed by atoms with E-state index < -0.39 is 14.3 Å². The fraction of sp³-hybridized carbons (Fsp3) is 0.606. The van der Waals surface area contributed by atoms with Crippen molar-refractivity contribution in [3.8, 4) is 11.5 Å². The molecule has 44 heavy (non-hydrogen) atoms. The number of amides is 1. The molecule has 1 N–H and O–H groups in total. The van der Waals surface area contributed by atoms with Crippen LogP contribution in [0.5, 0.6) is 11.5 Å². The van der Waals surface area contributed by atoms with Crippen LogP contribution in [0.1, 0.15) is 95.5 Å². The third-order valence-electron chi connectivity index (χ3n) is 6.51. The number of halogens is 1. The number of benzene rings is 1. The van der Waals surface area contributed by atoms with Gasteiger partial charge in [-0.25, -0.2) is 4.79 Å². The van der Waals surface area contributed by atoms with Gasteiger partial charge in [0.1, 0.15) is 17.1 Å². The van der Waals surface area contributed by atoms with Gasteiger partial charge in [0, 0.05) is 31.7 Å². The molecule has 9 nitrogen and oxygen atoms in total. The van der Waals surface area contributed by atoms with Gasteiger partial charge >= 0.3 is 5.97 Å². The summed E-state index contributed by atoms with van der Waals surface area (Å²) in [5, 5.41) is 15.5. The first-order valence-corrected chi connectivity index (χ1v) is 17.7. The number of nitrogens with zero attached hydrogens (tertiary/aromatic N) is 3. The normalized spacial score (nSPS) is 18.7. The van der Waals surface area contributed by atoms with Crippen LogP contribution in [-0.4, -0.2) is 78.8 Å². The number of phenolic OH excluding ortho intramolecular Hbond substituents is 1. The Kier molecular flexibility index (Phi) is 20.5. The van der Waals surface area contributed by atoms with E-state index in [2.05, 4.69) is 12.1 Å². The summed E-state index contributed by atoms with van der Waals surface area (Å²) in [6.45, 7) is 11.5. The first kappa shape index (κ1) is 39.4. The van der Waals surface area contributed by atoms with Crippen molar-refractivity contribution in [2.45, 2.75) is 86.0 Å². The van der Waals surface area contributed by atoms with Gasteiger partial charge in [0.25, 0.3) is 5.91 Å². The maximum atomic E-state index is 13.1. The Morgan fingerprint density at radius 3 is 2.41 bits per heavy atom. The number of esters is 1. The zero-order chi connectivity index (χ0) is 32.9. The van der Waals surface area contributed by atoms with Gasteiger partial charge in [0.2, 0.25) is 0 Å². The molecule has 1 atom stereocenters. The average molecular weight is 654 g/mol. The Labute approximate surface area is 271 Å². The molecule has 11 heteroatoms. The average Bonchev–Trinajstić information content (AvgIpc) is 3.03. The number of piperidine rings is 1. The molecule has 1 amide bonds. The number of carbonyl (C=O) groups excluding carboxylic acids is 2. The molecule has 2 aliphatic rings. The Balaban J connectivity index is 0.00000232. The number of phenols is 1. The molecule has 1 aromatic carbocycles. The number of carbonyl (C=O) groups is 2. The van der Waals surface area contributed by atoms with Gasteiger partial charge in [-0.05, 0) is 70.7 Å². The first-order valence-electron chi connectivity index (χ1n) is 15.9. The highest BCUT2D eigenvalue weighted by atomic mass is 35.5. The number of rotatable bonds is 8. The second-order valence-electron chi connectivity index (χ2n) is 9.93. The van der Waals surface area contributed by atoms with Crippen LogP contribution in [0.15, 0.2) is 35.5 Å². The lowest BCUT2D eigenvalue weighted by Gasteiger charge is -2.26. The predicted molar refractivity (Wildman–Crippen MR) is 182 cm³/mol. The minimum atomic E-state index is -1.02. The molecule has 1 aromatic rings. The number of oxime groups is 1. The number of hydrogen-bond donors (Lipinski definition) is 1. The van der Waals surface area contributed by atoms with Crippen molar-refractivity contribution >= 4 is 37.5 Å². The van der Waals surface area contributed by atoms with E-state index in [1.54, 1.807) is 11.0 Å². The summed E-state index contributed by atoms with van der Waals surface area (Å²) in [4.78, 5) is 33.0. The summed E-state index contributed by atoms with van der Waals surface area (Å²) in [6, 6.07) is 1.38. The number of allylic oxidation sites excluding steroid dienone is 3. The van der Waals surface area contributed by atoms with E-state index in [4.69, 9.17) is 25.7 Å². The molecule has 0 radical (unpaired) electrons. The Morgan fingerprint density at radius 1 is 1.09 bits per heavy atom. The summed E-state index contributed by atoms with van der Waals surface area (Å²) in [5.74, 6) is -0.786. The van der Waals surface area contributed by atoms with Crippen molar-refractivity contribution < 1.29 is 28.8 Å². The van der Waals surface area contributed by atoms with E-state index in [1.807, 2.05) is 64.7 Å². The Morgan fingerprint density at radius 2 is 1.75 bits per heavy atom. The molecule has 2 heterocycles. The molecule has 0 aromatic heterocycles. The standard InChI is InChI=1S/C29H41ClN3O6P.2C2H6/c1-4-18-40(32(2)3)39-25-20-24(34)27-23(28(25)30)19-22(14-10-7-5-6-8-13-17-37-29(27)36)31-38-21-26(35)33-15-11-9-12-16-33;2*1-2/h6,8,10,14,20,34H,4-5,7,9,11-13,15-19,21H2,1-3H3;2*1-2H3/b8-6+,14-10+,31-22+;;. The molecule has 0 bridgehead atoms. The van der Waals surface area contributed by atoms with Crippen molar-refractivity contribution in [1.29, 1.82) is 0 Å². The fourth-order valence-corrected chi connectivity index (χ4v) is 6.13. The van der Waals surface area contributed by atoms with Gasteiger partial charge in [-0.15, -0.1) is 0 Å². The van der Waals surface area contributed by atoms with E-state index in [1.165, 1.54) is 6.07 Å². The van der Waals surface area contributed by atoms with Gasteiger partial charge in [-0.1, -0.05) is 69.6 Å². The van der Waals surface area contributed by atoms with Gasteiger partial charge in [0.15, 0.2) is 14.9 Å². The lowest BCUT2D eigenvalue weighted by atomic mass is 9.99. The Bertz CT molecular complexity index is 1100. The first-order chi connectivity index (χ1) is 21.3. The fourth-order valence-electron chi connectivity index (χ4n) is 4.41. The minimum absolute atomic E-state index is 0.0337. The number of ether oxygens (including phenoxy) is 1. The van der Waals surface area contributed by atoms with E-state index in [9.17, 15) is 14.7 Å². The summed E-state index contributed by atoms with van der Waals surface area (Å²) < 4.78 is 13.7. The zero-order valence-corrected chi connectivity index (χ0v) is 29.4. The molecule has 248 valence electrons. The van der Waals surface area contributed by atoms with Gasteiger partial charge < -0.3 is 24.1 Å². The predicted octanol–water partition coefficient (Wildman–Crippen LogP) is 8.14. The lowest BCUT2D eigenvalue weighted by molar-refractivity contribution is -0.137. The smallest absolute Gasteiger partial charge is 0.342 e. The van der Waals surface area contributed by atoms with Crippen molar-refractivity contribution in [3.05, 3.63) is 46.5 Å². The third-order valence-corrected chi connectivity index (χ3v) is 9.05. The van der Waals surface area contributed by atoms with Gasteiger partial charge in [-0.2, -0.15) is 0 Å². The highest BCUT2D eigenvalue weighted by Crippen LogP contribution is 2.46. The van der Waals surface area contributed by atoms with E-state index >= 15 is 0 Å². The molecular weight excluding hydrogens is 601 g/mol. The van der Waals surface area contributed by atoms with Crippen LogP contribution in [0.25, 0.3) is 0 Å². The largest absolute Gasteiger partial charge is 0.507 e. The summed E-state index contributed by atoms with van der Waals surface area (Å²) in [5.41, 5.74) is 0.741. The minimum Gasteiger partial charge on any atom is -0.507 e. The van der Waals surface area contributed by atoms with Gasteiger partial charge in [0.05, 0.1) is 17.3 Å². The molecule has 1 fully saturated rings. The number of fused-ring (bicyclic) bond motifs is 1. The van der Waals surface area contributed by atoms with Crippen LogP contribution in [0.2, 0.25) is 5.02 Å². The second-order valence-corrected chi connectivity index (χ2v) is 12.4. The number of aromatic hydroxyl groups is 1. The molecule has 1 unspecified atom stereocenters. The zero-order valence-electron chi connectivity index (χ0n) is 27.7. The third kappa shape index (κ3) is 13.2. The van der Waals surface area contributed by atoms with Crippen LogP contribution in [0.4, 0.5) is 0 Å². The molecule has 3 rings (SSSR count). The van der Waals surface area contributed by atoms with Crippen LogP contribution in [0.3, 0.4) is 0 Å². The van der Waals surface area contributed by atoms with Crippen LogP contribution >= 0.6 is 19.9 Å². The second kappa shape index (κ2) is 22.8. The summed E-state index contributed by atoms with van der Waals surface area (Å²) in [6.07, 6.45) is 14.8. The van der Waals surface area contributed by atoms with Crippen molar-refractivity contribution in [1.82, 2.24) is 9.57 Å². The molecule has 1 saturated heterocycles. The maximum absolute atomic E-state index is 13.1. The molecular formula is C33H53ClN3O6P. The lowest BCUT2D eigenvalue weighted by Crippen LogP contribution is -2.37. The molecule has 0 spiro atoms. The van der Waals surface area contributed by atoms with Crippen molar-refractivity contribution in [2.75, 3.05) is 46.6 Å². The highest BCUT2D eigenvalue weighted by molar-refractivity contribution is 7.50. The molecule has 2 aliphatic heterocycles. The van der Waals surface area contributed by atoms with E-state index in [0.717, 1.165) is 57.8 Å². The van der Waals surface area contributed by atoms with Crippen molar-refractivity contribution in [2.24, 2.45) is 5.16 Å². The van der Waals surface area contributed by atoms with E-state index in [0.29, 0.717) is 17.7 Å². The van der Waals surface area contributed by atoms with Crippen LogP contribution in [0, 0.1) is 0 Å². The summed E-state index contributed by atoms with van der Waals surface area (Å²) in [7, 11) is 2.84. The van der Waals surface area contributed by atoms with Crippen LogP contribution < -0.4 is 4.52 Å². The number of cyclic esters (lactones) is 1.